The zero-order chi connectivity index (χ0) is 16.8. The number of nitrogens with zero attached hydrogens (tertiary/aromatic N) is 2. The number of hydrogen-bond acceptors (Lipinski definition) is 2. The predicted molar refractivity (Wildman–Crippen MR) is 98.7 cm³/mol. The van der Waals surface area contributed by atoms with Crippen molar-refractivity contribution in [2.45, 2.75) is 26.9 Å². The van der Waals surface area contributed by atoms with Gasteiger partial charge in [0.1, 0.15) is 0 Å². The molecule has 0 aliphatic rings. The van der Waals surface area contributed by atoms with Crippen molar-refractivity contribution in [2.24, 2.45) is 10.7 Å². The van der Waals surface area contributed by atoms with Crippen LogP contribution in [0, 0.1) is 13.8 Å². The average Bonchev–Trinajstić information content (AvgIpc) is 2.45. The fourth-order valence-electron chi connectivity index (χ4n) is 2.53. The largest absolute Gasteiger partial charge is 0.370 e. The number of nitrogens with one attached hydrogen (secondary N) is 1. The Morgan fingerprint density at radius 3 is 2.13 bits per heavy atom. The Morgan fingerprint density at radius 2 is 1.57 bits per heavy atom. The molecule has 0 saturated heterocycles. The molecule has 2 aromatic carbocycles. The van der Waals surface area contributed by atoms with Gasteiger partial charge in [-0.3, -0.25) is 0 Å². The monoisotopic (exact) mass is 310 g/mol. The lowest BCUT2D eigenvalue weighted by molar-refractivity contribution is 0.402. The molecule has 0 fully saturated rings. The quantitative estimate of drug-likeness (QED) is 0.658. The number of rotatable bonds is 5. The van der Waals surface area contributed by atoms with Crippen molar-refractivity contribution >= 4 is 11.6 Å². The summed E-state index contributed by atoms with van der Waals surface area (Å²) in [4.78, 5) is 6.56. The maximum Gasteiger partial charge on any atom is 0.193 e. The number of benzene rings is 2. The Balaban J connectivity index is 1.96. The van der Waals surface area contributed by atoms with E-state index in [2.05, 4.69) is 85.6 Å². The highest BCUT2D eigenvalue weighted by Crippen LogP contribution is 2.13. The number of hydrogen-bond donors (Lipinski definition) is 2. The minimum Gasteiger partial charge on any atom is -0.370 e. The van der Waals surface area contributed by atoms with Crippen molar-refractivity contribution in [1.29, 1.82) is 0 Å². The molecule has 0 unspecified atom stereocenters. The molecule has 0 amide bonds. The SMILES string of the molecule is Cc1cc(C)cc(NC(N)=NCc2ccc(CN(C)C)cc2)c1. The third-order valence-corrected chi connectivity index (χ3v) is 3.45. The molecule has 0 spiro atoms. The van der Waals surface area contributed by atoms with Gasteiger partial charge in [0.25, 0.3) is 0 Å². The Labute approximate surface area is 139 Å². The minimum atomic E-state index is 0.437. The summed E-state index contributed by atoms with van der Waals surface area (Å²) in [7, 11) is 4.13. The molecular formula is C19H26N4. The molecule has 23 heavy (non-hydrogen) atoms. The van der Waals surface area contributed by atoms with Gasteiger partial charge in [0.05, 0.1) is 6.54 Å². The van der Waals surface area contributed by atoms with E-state index < -0.39 is 0 Å². The van der Waals surface area contributed by atoms with Crippen LogP contribution in [0.25, 0.3) is 0 Å². The third-order valence-electron chi connectivity index (χ3n) is 3.45. The van der Waals surface area contributed by atoms with E-state index >= 15 is 0 Å². The van der Waals surface area contributed by atoms with Crippen molar-refractivity contribution in [1.82, 2.24) is 4.90 Å². The van der Waals surface area contributed by atoms with Gasteiger partial charge in [-0.2, -0.15) is 0 Å². The first-order valence-corrected chi connectivity index (χ1v) is 7.80. The van der Waals surface area contributed by atoms with Crippen molar-refractivity contribution < 1.29 is 0 Å². The van der Waals surface area contributed by atoms with E-state index in [9.17, 15) is 0 Å². The second kappa shape index (κ2) is 7.79. The first-order chi connectivity index (χ1) is 10.9. The van der Waals surface area contributed by atoms with Gasteiger partial charge in [-0.1, -0.05) is 30.3 Å². The van der Waals surface area contributed by atoms with E-state index in [0.29, 0.717) is 12.5 Å². The first-order valence-electron chi connectivity index (χ1n) is 7.80. The Hall–Kier alpha value is -2.33. The summed E-state index contributed by atoms with van der Waals surface area (Å²) < 4.78 is 0. The third kappa shape index (κ3) is 5.75. The highest BCUT2D eigenvalue weighted by molar-refractivity contribution is 5.92. The van der Waals surface area contributed by atoms with E-state index in [0.717, 1.165) is 17.8 Å². The van der Waals surface area contributed by atoms with E-state index in [1.54, 1.807) is 0 Å². The van der Waals surface area contributed by atoms with Crippen LogP contribution in [0.5, 0.6) is 0 Å². The molecule has 0 aliphatic heterocycles. The Bertz CT molecular complexity index is 652. The summed E-state index contributed by atoms with van der Waals surface area (Å²) in [6, 6.07) is 14.7. The summed E-state index contributed by atoms with van der Waals surface area (Å²) >= 11 is 0. The highest BCUT2D eigenvalue weighted by atomic mass is 15.1. The van der Waals surface area contributed by atoms with Crippen LogP contribution in [-0.4, -0.2) is 25.0 Å². The van der Waals surface area contributed by atoms with Crippen LogP contribution in [0.15, 0.2) is 47.5 Å². The van der Waals surface area contributed by atoms with Gasteiger partial charge in [0.2, 0.25) is 0 Å². The molecular weight excluding hydrogens is 284 g/mol. The molecule has 0 aliphatic carbocycles. The summed E-state index contributed by atoms with van der Waals surface area (Å²) in [6.07, 6.45) is 0. The molecule has 2 aromatic rings. The zero-order valence-corrected chi connectivity index (χ0v) is 14.4. The number of aliphatic imine (C=N–C) groups is 1. The van der Waals surface area contributed by atoms with Crippen molar-refractivity contribution in [2.75, 3.05) is 19.4 Å². The fourth-order valence-corrected chi connectivity index (χ4v) is 2.53. The lowest BCUT2D eigenvalue weighted by atomic mass is 10.1. The van der Waals surface area contributed by atoms with Crippen molar-refractivity contribution in [3.63, 3.8) is 0 Å². The molecule has 0 saturated carbocycles. The molecule has 0 atom stereocenters. The van der Waals surface area contributed by atoms with Crippen LogP contribution < -0.4 is 11.1 Å². The van der Waals surface area contributed by atoms with Gasteiger partial charge in [0.15, 0.2) is 5.96 Å². The maximum atomic E-state index is 5.98. The minimum absolute atomic E-state index is 0.437. The van der Waals surface area contributed by atoms with Gasteiger partial charge < -0.3 is 16.0 Å². The standard InChI is InChI=1S/C19H26N4/c1-14-9-15(2)11-18(10-14)22-19(20)21-12-16-5-7-17(8-6-16)13-23(3)4/h5-11H,12-13H2,1-4H3,(H3,20,21,22). The van der Waals surface area contributed by atoms with Gasteiger partial charge >= 0.3 is 0 Å². The molecule has 4 heteroatoms. The molecule has 2 rings (SSSR count). The van der Waals surface area contributed by atoms with Crippen LogP contribution in [0.2, 0.25) is 0 Å². The molecule has 0 aromatic heterocycles. The number of guanidine groups is 1. The molecule has 0 radical (unpaired) electrons. The molecule has 4 nitrogen and oxygen atoms in total. The van der Waals surface area contributed by atoms with E-state index in [1.807, 2.05) is 0 Å². The Kier molecular flexibility index (Phi) is 5.77. The molecule has 122 valence electrons. The predicted octanol–water partition coefficient (Wildman–Crippen LogP) is 3.29. The van der Waals surface area contributed by atoms with Crippen LogP contribution in [0.4, 0.5) is 5.69 Å². The van der Waals surface area contributed by atoms with Crippen LogP contribution in [0.3, 0.4) is 0 Å². The molecule has 0 bridgehead atoms. The van der Waals surface area contributed by atoms with E-state index in [4.69, 9.17) is 5.73 Å². The van der Waals surface area contributed by atoms with Gasteiger partial charge in [-0.15, -0.1) is 0 Å². The molecule has 0 heterocycles. The van der Waals surface area contributed by atoms with Crippen molar-refractivity contribution in [3.8, 4) is 0 Å². The molecule has 3 N–H and O–H groups in total. The first kappa shape index (κ1) is 17.0. The Morgan fingerprint density at radius 1 is 1.00 bits per heavy atom. The highest BCUT2D eigenvalue weighted by Gasteiger charge is 1.99. The lowest BCUT2D eigenvalue weighted by Gasteiger charge is -2.10. The van der Waals surface area contributed by atoms with E-state index in [-0.39, 0.29) is 0 Å². The summed E-state index contributed by atoms with van der Waals surface area (Å²) in [5.41, 5.74) is 11.8. The average molecular weight is 310 g/mol. The van der Waals surface area contributed by atoms with E-state index in [1.165, 1.54) is 16.7 Å². The van der Waals surface area contributed by atoms with Crippen LogP contribution >= 0.6 is 0 Å². The zero-order valence-electron chi connectivity index (χ0n) is 14.4. The number of nitrogens with two attached hydrogens (primary N) is 1. The van der Waals surface area contributed by atoms with Crippen molar-refractivity contribution in [3.05, 3.63) is 64.7 Å². The lowest BCUT2D eigenvalue weighted by Crippen LogP contribution is -2.22. The van der Waals surface area contributed by atoms with Crippen LogP contribution in [-0.2, 0) is 13.1 Å². The second-order valence-electron chi connectivity index (χ2n) is 6.26. The van der Waals surface area contributed by atoms with Gasteiger partial charge in [-0.05, 0) is 62.3 Å². The van der Waals surface area contributed by atoms with Gasteiger partial charge in [-0.25, -0.2) is 4.99 Å². The topological polar surface area (TPSA) is 53.6 Å². The maximum absolute atomic E-state index is 5.98. The second-order valence-corrected chi connectivity index (χ2v) is 6.26. The van der Waals surface area contributed by atoms with Crippen LogP contribution in [0.1, 0.15) is 22.3 Å². The summed E-state index contributed by atoms with van der Waals surface area (Å²) in [5.74, 6) is 0.437. The summed E-state index contributed by atoms with van der Waals surface area (Å²) in [5, 5.41) is 3.15. The fraction of sp³-hybridized carbons (Fsp3) is 0.316. The number of aryl methyl sites for hydroxylation is 2. The number of anilines is 1. The smallest absolute Gasteiger partial charge is 0.193 e. The van der Waals surface area contributed by atoms with Gasteiger partial charge in [0, 0.05) is 12.2 Å². The normalized spacial score (nSPS) is 11.8. The summed E-state index contributed by atoms with van der Waals surface area (Å²) in [6.45, 7) is 5.66.